The van der Waals surface area contributed by atoms with Gasteiger partial charge >= 0.3 is 5.97 Å². The molecule has 33 heavy (non-hydrogen) atoms. The third-order valence-corrected chi connectivity index (χ3v) is 4.47. The van der Waals surface area contributed by atoms with Crippen molar-refractivity contribution >= 4 is 11.9 Å². The topological polar surface area (TPSA) is 93.4 Å². The van der Waals surface area contributed by atoms with Gasteiger partial charge in [-0.3, -0.25) is 4.79 Å². The summed E-state index contributed by atoms with van der Waals surface area (Å²) in [5.74, 6) is 10.2. The van der Waals surface area contributed by atoms with Crippen molar-refractivity contribution in [1.82, 2.24) is 10.6 Å². The van der Waals surface area contributed by atoms with E-state index in [2.05, 4.69) is 39.1 Å². The molecular formula is C25H25F2N3O3. The minimum Gasteiger partial charge on any atom is -0.467 e. The third-order valence-electron chi connectivity index (χ3n) is 4.47. The Hall–Kier alpha value is -3.72. The number of hydrogen-bond donors (Lipinski definition) is 3. The molecule has 4 N–H and O–H groups in total. The van der Waals surface area contributed by atoms with E-state index in [9.17, 15) is 18.4 Å². The first-order chi connectivity index (χ1) is 15.8. The summed E-state index contributed by atoms with van der Waals surface area (Å²) in [4.78, 5) is 24.1. The van der Waals surface area contributed by atoms with Crippen molar-refractivity contribution in [3.05, 3.63) is 70.8 Å². The molecule has 0 saturated carbocycles. The molecule has 2 aromatic rings. The van der Waals surface area contributed by atoms with E-state index in [-0.39, 0.29) is 6.54 Å². The Morgan fingerprint density at radius 1 is 1.00 bits per heavy atom. The highest BCUT2D eigenvalue weighted by Gasteiger charge is 2.25. The van der Waals surface area contributed by atoms with Gasteiger partial charge in [0.05, 0.1) is 13.7 Å². The first-order valence-electron chi connectivity index (χ1n) is 10.1. The van der Waals surface area contributed by atoms with Crippen LogP contribution in [0.2, 0.25) is 0 Å². The second kappa shape index (κ2) is 13.0. The predicted octanol–water partition coefficient (Wildman–Crippen LogP) is 2.06. The van der Waals surface area contributed by atoms with Crippen molar-refractivity contribution in [2.45, 2.75) is 32.0 Å². The Balaban J connectivity index is 1.94. The van der Waals surface area contributed by atoms with Crippen LogP contribution in [0.15, 0.2) is 48.5 Å². The lowest BCUT2D eigenvalue weighted by Gasteiger charge is -2.19. The smallest absolute Gasteiger partial charge is 0.329 e. The molecule has 8 heteroatoms. The number of carbonyl (C=O) groups excluding carboxylic acids is 2. The van der Waals surface area contributed by atoms with Gasteiger partial charge in [-0.25, -0.2) is 13.6 Å². The summed E-state index contributed by atoms with van der Waals surface area (Å²) in [5.41, 5.74) is 8.39. The van der Waals surface area contributed by atoms with E-state index < -0.39 is 30.4 Å². The average molecular weight is 453 g/mol. The van der Waals surface area contributed by atoms with Gasteiger partial charge in [0.15, 0.2) is 0 Å². The number of amides is 1. The van der Waals surface area contributed by atoms with Crippen LogP contribution in [0.1, 0.15) is 34.0 Å². The zero-order chi connectivity index (χ0) is 24.2. The summed E-state index contributed by atoms with van der Waals surface area (Å²) in [5, 5.41) is 5.22. The number of hydrogen-bond acceptors (Lipinski definition) is 5. The highest BCUT2D eigenvalue weighted by Crippen LogP contribution is 2.06. The second-order valence-electron chi connectivity index (χ2n) is 7.13. The van der Waals surface area contributed by atoms with Gasteiger partial charge in [0.25, 0.3) is 12.3 Å². The van der Waals surface area contributed by atoms with Gasteiger partial charge < -0.3 is 21.1 Å². The summed E-state index contributed by atoms with van der Waals surface area (Å²) in [6.45, 7) is 1.62. The van der Waals surface area contributed by atoms with Gasteiger partial charge in [0.1, 0.15) is 6.04 Å². The van der Waals surface area contributed by atoms with Crippen LogP contribution in [-0.2, 0) is 16.1 Å². The molecule has 0 fully saturated rings. The summed E-state index contributed by atoms with van der Waals surface area (Å²) in [6, 6.07) is 12.2. The lowest BCUT2D eigenvalue weighted by atomic mass is 10.1. The molecule has 0 aliphatic heterocycles. The van der Waals surface area contributed by atoms with Crippen LogP contribution < -0.4 is 16.4 Å². The van der Waals surface area contributed by atoms with Crippen LogP contribution in [0.3, 0.4) is 0 Å². The van der Waals surface area contributed by atoms with Crippen LogP contribution in [-0.4, -0.2) is 44.0 Å². The molecule has 2 unspecified atom stereocenters. The number of halogens is 2. The molecule has 6 nitrogen and oxygen atoms in total. The van der Waals surface area contributed by atoms with E-state index in [1.807, 2.05) is 12.1 Å². The fourth-order valence-corrected chi connectivity index (χ4v) is 2.70. The molecule has 0 bridgehead atoms. The first-order valence-corrected chi connectivity index (χ1v) is 10.1. The number of rotatable bonds is 8. The maximum absolute atomic E-state index is 12.4. The van der Waals surface area contributed by atoms with Gasteiger partial charge in [-0.2, -0.15) is 0 Å². The van der Waals surface area contributed by atoms with Crippen LogP contribution in [0, 0.1) is 23.7 Å². The molecule has 0 aromatic heterocycles. The fraction of sp³-hybridized carbons (Fsp3) is 0.280. The van der Waals surface area contributed by atoms with E-state index in [0.717, 1.165) is 11.1 Å². The van der Waals surface area contributed by atoms with Crippen LogP contribution in [0.25, 0.3) is 0 Å². The standard InChI is InChI=1S/C25H25F2N3O3/c1-17(28)23(25(32)33-2)30-24(31)21-13-11-19(12-14-21)6-4-3-5-18-7-9-20(10-8-18)15-29-16-22(26)27/h7-14,17,22-23,29H,15-16,28H2,1-2H3,(H,30,31). The Bertz CT molecular complexity index is 1060. The number of carbonyl (C=O) groups is 2. The van der Waals surface area contributed by atoms with Crippen LogP contribution in [0.5, 0.6) is 0 Å². The molecule has 1 amide bonds. The minimum absolute atomic E-state index is 0.344. The van der Waals surface area contributed by atoms with E-state index in [1.54, 1.807) is 43.3 Å². The molecule has 2 aromatic carbocycles. The normalized spacial score (nSPS) is 11.9. The predicted molar refractivity (Wildman–Crippen MR) is 121 cm³/mol. The summed E-state index contributed by atoms with van der Waals surface area (Å²) < 4.78 is 28.9. The maximum atomic E-state index is 12.4. The number of esters is 1. The van der Waals surface area contributed by atoms with Crippen molar-refractivity contribution in [1.29, 1.82) is 0 Å². The molecule has 0 heterocycles. The van der Waals surface area contributed by atoms with Crippen molar-refractivity contribution in [2.24, 2.45) is 5.73 Å². The number of benzene rings is 2. The molecular weight excluding hydrogens is 428 g/mol. The van der Waals surface area contributed by atoms with Crippen LogP contribution >= 0.6 is 0 Å². The van der Waals surface area contributed by atoms with Gasteiger partial charge in [0.2, 0.25) is 0 Å². The summed E-state index contributed by atoms with van der Waals surface area (Å²) in [7, 11) is 1.23. The van der Waals surface area contributed by atoms with Crippen molar-refractivity contribution in [2.75, 3.05) is 13.7 Å². The Morgan fingerprint density at radius 2 is 1.55 bits per heavy atom. The van der Waals surface area contributed by atoms with Crippen LogP contribution in [0.4, 0.5) is 8.78 Å². The number of nitrogens with one attached hydrogen (secondary N) is 2. The molecule has 2 atom stereocenters. The van der Waals surface area contributed by atoms with E-state index in [0.29, 0.717) is 17.7 Å². The monoisotopic (exact) mass is 453 g/mol. The minimum atomic E-state index is -2.37. The summed E-state index contributed by atoms with van der Waals surface area (Å²) >= 11 is 0. The molecule has 0 spiro atoms. The van der Waals surface area contributed by atoms with Crippen molar-refractivity contribution in [3.8, 4) is 23.7 Å². The second-order valence-corrected chi connectivity index (χ2v) is 7.13. The van der Waals surface area contributed by atoms with Gasteiger partial charge in [-0.15, -0.1) is 0 Å². The van der Waals surface area contributed by atoms with E-state index in [1.165, 1.54) is 7.11 Å². The zero-order valence-corrected chi connectivity index (χ0v) is 18.3. The van der Waals surface area contributed by atoms with Crippen molar-refractivity contribution < 1.29 is 23.1 Å². The zero-order valence-electron chi connectivity index (χ0n) is 18.3. The third kappa shape index (κ3) is 8.74. The molecule has 2 rings (SSSR count). The molecule has 0 aliphatic rings. The highest BCUT2D eigenvalue weighted by atomic mass is 19.3. The number of nitrogens with two attached hydrogens (primary N) is 1. The molecule has 0 aliphatic carbocycles. The quantitative estimate of drug-likeness (QED) is 0.420. The number of alkyl halides is 2. The van der Waals surface area contributed by atoms with Gasteiger partial charge in [-0.05, 0) is 60.7 Å². The fourth-order valence-electron chi connectivity index (χ4n) is 2.70. The lowest BCUT2D eigenvalue weighted by molar-refractivity contribution is -0.143. The first kappa shape index (κ1) is 25.5. The Morgan fingerprint density at radius 3 is 2.03 bits per heavy atom. The average Bonchev–Trinajstić information content (AvgIpc) is 2.80. The number of ether oxygens (including phenoxy) is 1. The highest BCUT2D eigenvalue weighted by molar-refractivity contribution is 5.97. The van der Waals surface area contributed by atoms with E-state index >= 15 is 0 Å². The lowest BCUT2D eigenvalue weighted by Crippen LogP contribution is -2.51. The van der Waals surface area contributed by atoms with Gasteiger partial charge in [0, 0.05) is 29.3 Å². The van der Waals surface area contributed by atoms with Gasteiger partial charge in [-0.1, -0.05) is 24.0 Å². The molecule has 172 valence electrons. The molecule has 0 saturated heterocycles. The summed E-state index contributed by atoms with van der Waals surface area (Å²) in [6.07, 6.45) is -2.37. The Kier molecular flexibility index (Phi) is 10.0. The van der Waals surface area contributed by atoms with E-state index in [4.69, 9.17) is 5.73 Å². The Labute approximate surface area is 191 Å². The largest absolute Gasteiger partial charge is 0.467 e. The van der Waals surface area contributed by atoms with Crippen molar-refractivity contribution in [3.63, 3.8) is 0 Å². The maximum Gasteiger partial charge on any atom is 0.329 e. The molecule has 0 radical (unpaired) electrons. The SMILES string of the molecule is COC(=O)C(NC(=O)c1ccc(C#CC#Cc2ccc(CNCC(F)F)cc2)cc1)C(C)N. The number of methoxy groups -OCH3 is 1.